The molecule has 0 saturated carbocycles. The van der Waals surface area contributed by atoms with Crippen molar-refractivity contribution in [1.82, 2.24) is 0 Å². The predicted octanol–water partition coefficient (Wildman–Crippen LogP) is 4.10. The summed E-state index contributed by atoms with van der Waals surface area (Å²) in [7, 11) is 1.54. The maximum absolute atomic E-state index is 12.6. The van der Waals surface area contributed by atoms with Crippen LogP contribution in [0.1, 0.15) is 26.5 Å². The zero-order valence-corrected chi connectivity index (χ0v) is 14.4. The Kier molecular flexibility index (Phi) is 5.03. The first-order valence-corrected chi connectivity index (χ1v) is 7.98. The number of ether oxygens (including phenoxy) is 1. The summed E-state index contributed by atoms with van der Waals surface area (Å²) < 4.78 is 10.2. The molecule has 2 amide bonds. The minimum absolute atomic E-state index is 0.190. The van der Waals surface area contributed by atoms with Crippen LogP contribution in [0.4, 0.5) is 11.4 Å². The van der Waals surface area contributed by atoms with Crippen molar-refractivity contribution in [3.05, 3.63) is 77.7 Å². The van der Waals surface area contributed by atoms with Crippen LogP contribution >= 0.6 is 0 Å². The van der Waals surface area contributed by atoms with E-state index in [9.17, 15) is 9.59 Å². The van der Waals surface area contributed by atoms with Gasteiger partial charge >= 0.3 is 0 Å². The molecule has 26 heavy (non-hydrogen) atoms. The van der Waals surface area contributed by atoms with Gasteiger partial charge in [0.15, 0.2) is 5.76 Å². The lowest BCUT2D eigenvalue weighted by Crippen LogP contribution is -2.16. The van der Waals surface area contributed by atoms with Gasteiger partial charge < -0.3 is 19.8 Å². The minimum atomic E-state index is -0.393. The van der Waals surface area contributed by atoms with Crippen molar-refractivity contribution >= 4 is 23.2 Å². The van der Waals surface area contributed by atoms with E-state index in [2.05, 4.69) is 10.6 Å². The molecule has 0 saturated heterocycles. The summed E-state index contributed by atoms with van der Waals surface area (Å²) in [6.07, 6.45) is 1.43. The van der Waals surface area contributed by atoms with Gasteiger partial charge in [-0.2, -0.15) is 0 Å². The molecule has 1 aromatic heterocycles. The number of rotatable bonds is 5. The summed E-state index contributed by atoms with van der Waals surface area (Å²) in [6.45, 7) is 1.90. The molecule has 6 nitrogen and oxygen atoms in total. The molecule has 3 rings (SSSR count). The molecule has 132 valence electrons. The van der Waals surface area contributed by atoms with Crippen molar-refractivity contribution in [2.24, 2.45) is 0 Å². The number of aryl methyl sites for hydroxylation is 1. The number of furan rings is 1. The maximum atomic E-state index is 12.6. The molecule has 0 fully saturated rings. The number of methoxy groups -OCH3 is 1. The average molecular weight is 350 g/mol. The van der Waals surface area contributed by atoms with E-state index < -0.39 is 5.91 Å². The molecular weight excluding hydrogens is 332 g/mol. The highest BCUT2D eigenvalue weighted by Gasteiger charge is 2.14. The van der Waals surface area contributed by atoms with Crippen LogP contribution in [0.15, 0.2) is 65.3 Å². The van der Waals surface area contributed by atoms with Gasteiger partial charge in [0, 0.05) is 5.56 Å². The lowest BCUT2D eigenvalue weighted by atomic mass is 10.1. The summed E-state index contributed by atoms with van der Waals surface area (Å²) in [4.78, 5) is 24.8. The Balaban J connectivity index is 1.83. The van der Waals surface area contributed by atoms with Crippen molar-refractivity contribution in [3.63, 3.8) is 0 Å². The van der Waals surface area contributed by atoms with Crippen LogP contribution in [0.2, 0.25) is 0 Å². The van der Waals surface area contributed by atoms with Crippen molar-refractivity contribution in [2.75, 3.05) is 17.7 Å². The molecule has 3 aromatic rings. The fourth-order valence-corrected chi connectivity index (χ4v) is 2.42. The number of hydrogen-bond donors (Lipinski definition) is 2. The van der Waals surface area contributed by atoms with E-state index in [1.54, 1.807) is 55.6 Å². The van der Waals surface area contributed by atoms with Crippen LogP contribution in [0, 0.1) is 6.92 Å². The van der Waals surface area contributed by atoms with Crippen molar-refractivity contribution in [2.45, 2.75) is 6.92 Å². The van der Waals surface area contributed by atoms with E-state index in [4.69, 9.17) is 9.15 Å². The normalized spacial score (nSPS) is 10.2. The van der Waals surface area contributed by atoms with Gasteiger partial charge in [-0.3, -0.25) is 9.59 Å². The van der Waals surface area contributed by atoms with E-state index in [0.29, 0.717) is 22.7 Å². The molecule has 0 aliphatic carbocycles. The van der Waals surface area contributed by atoms with Gasteiger partial charge in [0.2, 0.25) is 0 Å². The van der Waals surface area contributed by atoms with Crippen LogP contribution < -0.4 is 15.4 Å². The highest BCUT2D eigenvalue weighted by atomic mass is 16.5. The molecule has 0 aliphatic heterocycles. The summed E-state index contributed by atoms with van der Waals surface area (Å²) in [6, 6.07) is 15.4. The van der Waals surface area contributed by atoms with Gasteiger partial charge in [0.25, 0.3) is 11.8 Å². The molecule has 2 aromatic carbocycles. The summed E-state index contributed by atoms with van der Waals surface area (Å²) in [5.74, 6) is 0.0858. The Morgan fingerprint density at radius 2 is 1.73 bits per heavy atom. The summed E-state index contributed by atoms with van der Waals surface area (Å²) in [5, 5.41) is 5.58. The van der Waals surface area contributed by atoms with Crippen LogP contribution in [0.25, 0.3) is 0 Å². The van der Waals surface area contributed by atoms with Gasteiger partial charge in [0.05, 0.1) is 24.7 Å². The lowest BCUT2D eigenvalue weighted by Gasteiger charge is -2.13. The molecule has 0 spiro atoms. The molecule has 1 heterocycles. The SMILES string of the molecule is COc1cccc(C(=O)Nc2cc(C)ccc2NC(=O)c2ccco2)c1. The first kappa shape index (κ1) is 17.3. The Morgan fingerprint density at radius 3 is 2.46 bits per heavy atom. The quantitative estimate of drug-likeness (QED) is 0.726. The average Bonchev–Trinajstić information content (AvgIpc) is 3.19. The Morgan fingerprint density at radius 1 is 0.923 bits per heavy atom. The van der Waals surface area contributed by atoms with E-state index in [1.165, 1.54) is 6.26 Å². The van der Waals surface area contributed by atoms with E-state index >= 15 is 0 Å². The molecule has 0 bridgehead atoms. The number of anilines is 2. The fourth-order valence-electron chi connectivity index (χ4n) is 2.42. The van der Waals surface area contributed by atoms with Crippen molar-refractivity contribution in [1.29, 1.82) is 0 Å². The van der Waals surface area contributed by atoms with Gasteiger partial charge in [-0.25, -0.2) is 0 Å². The van der Waals surface area contributed by atoms with Crippen LogP contribution in [0.3, 0.4) is 0 Å². The number of hydrogen-bond acceptors (Lipinski definition) is 4. The van der Waals surface area contributed by atoms with Gasteiger partial charge in [-0.15, -0.1) is 0 Å². The largest absolute Gasteiger partial charge is 0.497 e. The summed E-state index contributed by atoms with van der Waals surface area (Å²) in [5.41, 5.74) is 2.38. The fraction of sp³-hybridized carbons (Fsp3) is 0.100. The number of carbonyl (C=O) groups excluding carboxylic acids is 2. The second kappa shape index (κ2) is 7.57. The first-order valence-electron chi connectivity index (χ1n) is 7.98. The van der Waals surface area contributed by atoms with Gasteiger partial charge in [-0.1, -0.05) is 12.1 Å². The maximum Gasteiger partial charge on any atom is 0.291 e. The Bertz CT molecular complexity index is 933. The topological polar surface area (TPSA) is 80.6 Å². The third-order valence-corrected chi connectivity index (χ3v) is 3.75. The highest BCUT2D eigenvalue weighted by Crippen LogP contribution is 2.25. The van der Waals surface area contributed by atoms with E-state index in [-0.39, 0.29) is 11.7 Å². The Hall–Kier alpha value is -3.54. The highest BCUT2D eigenvalue weighted by molar-refractivity contribution is 6.09. The molecule has 0 radical (unpaired) electrons. The second-order valence-electron chi connectivity index (χ2n) is 5.67. The van der Waals surface area contributed by atoms with Gasteiger partial charge in [0.1, 0.15) is 5.75 Å². The van der Waals surface area contributed by atoms with Crippen molar-refractivity contribution < 1.29 is 18.7 Å². The third kappa shape index (κ3) is 3.92. The van der Waals surface area contributed by atoms with Crippen LogP contribution in [-0.4, -0.2) is 18.9 Å². The molecule has 0 aliphatic rings. The van der Waals surface area contributed by atoms with E-state index in [0.717, 1.165) is 5.56 Å². The number of benzene rings is 2. The Labute approximate surface area is 150 Å². The van der Waals surface area contributed by atoms with E-state index in [1.807, 2.05) is 13.0 Å². The monoisotopic (exact) mass is 350 g/mol. The van der Waals surface area contributed by atoms with Crippen LogP contribution in [0.5, 0.6) is 5.75 Å². The lowest BCUT2D eigenvalue weighted by molar-refractivity contribution is 0.0993. The number of carbonyl (C=O) groups is 2. The smallest absolute Gasteiger partial charge is 0.291 e. The minimum Gasteiger partial charge on any atom is -0.497 e. The van der Waals surface area contributed by atoms with Crippen molar-refractivity contribution in [3.8, 4) is 5.75 Å². The standard InChI is InChI=1S/C20H18N2O4/c1-13-8-9-16(21-20(24)18-7-4-10-26-18)17(11-13)22-19(23)14-5-3-6-15(12-14)25-2/h3-12H,1-2H3,(H,21,24)(H,22,23). The molecule has 6 heteroatoms. The molecule has 0 unspecified atom stereocenters. The zero-order chi connectivity index (χ0) is 18.5. The predicted molar refractivity (Wildman–Crippen MR) is 98.8 cm³/mol. The molecular formula is C20H18N2O4. The van der Waals surface area contributed by atoms with Gasteiger partial charge in [-0.05, 0) is 55.0 Å². The molecule has 2 N–H and O–H groups in total. The zero-order valence-electron chi connectivity index (χ0n) is 14.4. The number of amides is 2. The first-order chi connectivity index (χ1) is 12.6. The second-order valence-corrected chi connectivity index (χ2v) is 5.67. The van der Waals surface area contributed by atoms with Crippen LogP contribution in [-0.2, 0) is 0 Å². The molecule has 0 atom stereocenters. The third-order valence-electron chi connectivity index (χ3n) is 3.75. The number of nitrogens with one attached hydrogen (secondary N) is 2. The summed E-state index contributed by atoms with van der Waals surface area (Å²) >= 11 is 0.